The molecule has 2 aromatic rings. The number of unbranched alkanes of at least 4 members (excludes halogenated alkanes) is 1. The molecular weight excluding hydrogens is 298 g/mol. The molecule has 0 atom stereocenters. The Morgan fingerprint density at radius 2 is 1.58 bits per heavy atom. The van der Waals surface area contributed by atoms with Crippen LogP contribution in [0.4, 0.5) is 0 Å². The van der Waals surface area contributed by atoms with Crippen LogP contribution in [0, 0.1) is 0 Å². The molecule has 0 bridgehead atoms. The Hall–Kier alpha value is -1.68. The topological polar surface area (TPSA) is 66.5 Å². The lowest BCUT2D eigenvalue weighted by Crippen LogP contribution is -2.47. The number of aryl methyl sites for hydroxylation is 2. The van der Waals surface area contributed by atoms with E-state index in [4.69, 9.17) is 5.73 Å². The number of hydrogen-bond acceptors (Lipinski definition) is 3. The fraction of sp³-hybridized carbons (Fsp3) is 0.429. The van der Waals surface area contributed by atoms with Crippen molar-refractivity contribution in [3.63, 3.8) is 0 Å². The molecule has 0 saturated carbocycles. The van der Waals surface area contributed by atoms with Crippen molar-refractivity contribution in [2.45, 2.75) is 44.6 Å². The van der Waals surface area contributed by atoms with Gasteiger partial charge in [-0.15, -0.1) is 0 Å². The lowest BCUT2D eigenvalue weighted by Gasteiger charge is -2.24. The van der Waals surface area contributed by atoms with Crippen molar-refractivity contribution in [3.8, 4) is 11.1 Å². The van der Waals surface area contributed by atoms with E-state index in [1.165, 1.54) is 35.1 Å². The molecule has 0 spiro atoms. The summed E-state index contributed by atoms with van der Waals surface area (Å²) in [5, 5.41) is 18.6. The predicted octanol–water partition coefficient (Wildman–Crippen LogP) is 3.31. The molecule has 0 aliphatic heterocycles. The minimum Gasteiger partial charge on any atom is -0.394 e. The lowest BCUT2D eigenvalue weighted by molar-refractivity contribution is 0.115. The SMILES string of the molecule is CCCCc1ccc(-c2cccc(CCC(N)(CO)CO)c2)cc1. The van der Waals surface area contributed by atoms with Crippen molar-refractivity contribution in [3.05, 3.63) is 59.7 Å². The molecule has 0 aromatic heterocycles. The summed E-state index contributed by atoms with van der Waals surface area (Å²) in [5.41, 5.74) is 9.99. The molecule has 24 heavy (non-hydrogen) atoms. The first-order valence-electron chi connectivity index (χ1n) is 8.79. The molecule has 3 heteroatoms. The average Bonchev–Trinajstić information content (AvgIpc) is 2.65. The van der Waals surface area contributed by atoms with Gasteiger partial charge in [-0.2, -0.15) is 0 Å². The summed E-state index contributed by atoms with van der Waals surface area (Å²) in [5.74, 6) is 0. The summed E-state index contributed by atoms with van der Waals surface area (Å²) in [6.07, 6.45) is 4.87. The second-order valence-corrected chi connectivity index (χ2v) is 6.68. The van der Waals surface area contributed by atoms with Crippen LogP contribution in [0.3, 0.4) is 0 Å². The van der Waals surface area contributed by atoms with Crippen LogP contribution >= 0.6 is 0 Å². The van der Waals surface area contributed by atoms with E-state index in [0.29, 0.717) is 6.42 Å². The predicted molar refractivity (Wildman–Crippen MR) is 99.9 cm³/mol. The van der Waals surface area contributed by atoms with Gasteiger partial charge < -0.3 is 15.9 Å². The second-order valence-electron chi connectivity index (χ2n) is 6.68. The number of hydrogen-bond donors (Lipinski definition) is 3. The molecule has 0 radical (unpaired) electrons. The normalized spacial score (nSPS) is 11.7. The van der Waals surface area contributed by atoms with Gasteiger partial charge in [-0.1, -0.05) is 61.9 Å². The number of nitrogens with two attached hydrogens (primary N) is 1. The Balaban J connectivity index is 2.07. The standard InChI is InChI=1S/C21H29NO2/c1-2-3-5-17-8-10-19(11-9-17)20-7-4-6-18(14-20)12-13-21(22,15-23)16-24/h4,6-11,14,23-24H,2-3,5,12-13,15-16,22H2,1H3. The highest BCUT2D eigenvalue weighted by Crippen LogP contribution is 2.23. The molecule has 4 N–H and O–H groups in total. The van der Waals surface area contributed by atoms with Crippen molar-refractivity contribution in [2.24, 2.45) is 5.73 Å². The molecule has 0 amide bonds. The average molecular weight is 327 g/mol. The van der Waals surface area contributed by atoms with E-state index in [1.54, 1.807) is 0 Å². The number of rotatable bonds is 9. The minimum atomic E-state index is -0.906. The van der Waals surface area contributed by atoms with Gasteiger partial charge >= 0.3 is 0 Å². The monoisotopic (exact) mass is 327 g/mol. The van der Waals surface area contributed by atoms with Crippen molar-refractivity contribution >= 4 is 0 Å². The Labute approximate surface area is 145 Å². The van der Waals surface area contributed by atoms with E-state index < -0.39 is 5.54 Å². The van der Waals surface area contributed by atoms with Crippen molar-refractivity contribution in [1.29, 1.82) is 0 Å². The zero-order valence-electron chi connectivity index (χ0n) is 14.5. The van der Waals surface area contributed by atoms with Gasteiger partial charge in [0.1, 0.15) is 0 Å². The lowest BCUT2D eigenvalue weighted by atomic mass is 9.92. The third-order valence-electron chi connectivity index (χ3n) is 4.57. The largest absolute Gasteiger partial charge is 0.394 e. The fourth-order valence-electron chi connectivity index (χ4n) is 2.75. The van der Waals surface area contributed by atoms with Crippen LogP contribution in [0.25, 0.3) is 11.1 Å². The van der Waals surface area contributed by atoms with Crippen LogP contribution in [0.5, 0.6) is 0 Å². The highest BCUT2D eigenvalue weighted by Gasteiger charge is 2.22. The van der Waals surface area contributed by atoms with Crippen LogP contribution in [-0.2, 0) is 12.8 Å². The molecule has 0 aliphatic rings. The molecule has 0 heterocycles. The molecular formula is C21H29NO2. The summed E-state index contributed by atoms with van der Waals surface area (Å²) < 4.78 is 0. The second kappa shape index (κ2) is 8.97. The first kappa shape index (κ1) is 18.7. The van der Waals surface area contributed by atoms with Gasteiger partial charge in [0.15, 0.2) is 0 Å². The van der Waals surface area contributed by atoms with Gasteiger partial charge in [-0.05, 0) is 47.9 Å². The maximum Gasteiger partial charge on any atom is 0.0633 e. The van der Waals surface area contributed by atoms with Crippen LogP contribution in [0.1, 0.15) is 37.3 Å². The van der Waals surface area contributed by atoms with Gasteiger partial charge in [0.25, 0.3) is 0 Å². The van der Waals surface area contributed by atoms with E-state index in [2.05, 4.69) is 49.4 Å². The molecule has 0 fully saturated rings. The molecule has 0 unspecified atom stereocenters. The zero-order chi connectivity index (χ0) is 17.4. The van der Waals surface area contributed by atoms with Crippen LogP contribution in [0.15, 0.2) is 48.5 Å². The number of aliphatic hydroxyl groups is 2. The molecule has 2 aromatic carbocycles. The Bertz CT molecular complexity index is 618. The van der Waals surface area contributed by atoms with Crippen LogP contribution in [0.2, 0.25) is 0 Å². The summed E-state index contributed by atoms with van der Waals surface area (Å²) in [6.45, 7) is 1.80. The summed E-state index contributed by atoms with van der Waals surface area (Å²) in [7, 11) is 0. The summed E-state index contributed by atoms with van der Waals surface area (Å²) in [4.78, 5) is 0. The van der Waals surface area contributed by atoms with Gasteiger partial charge in [0.05, 0.1) is 18.8 Å². The van der Waals surface area contributed by atoms with Gasteiger partial charge in [0, 0.05) is 0 Å². The molecule has 3 nitrogen and oxygen atoms in total. The van der Waals surface area contributed by atoms with Crippen LogP contribution in [-0.4, -0.2) is 29.0 Å². The summed E-state index contributed by atoms with van der Waals surface area (Å²) >= 11 is 0. The van der Waals surface area contributed by atoms with Crippen LogP contribution < -0.4 is 5.73 Å². The summed E-state index contributed by atoms with van der Waals surface area (Å²) in [6, 6.07) is 17.2. The van der Waals surface area contributed by atoms with E-state index >= 15 is 0 Å². The van der Waals surface area contributed by atoms with E-state index in [-0.39, 0.29) is 13.2 Å². The Morgan fingerprint density at radius 3 is 2.21 bits per heavy atom. The van der Waals surface area contributed by atoms with E-state index in [0.717, 1.165) is 12.8 Å². The Kier molecular flexibility index (Phi) is 6.98. The number of benzene rings is 2. The highest BCUT2D eigenvalue weighted by molar-refractivity contribution is 5.64. The minimum absolute atomic E-state index is 0.206. The van der Waals surface area contributed by atoms with E-state index in [1.807, 2.05) is 6.07 Å². The third-order valence-corrected chi connectivity index (χ3v) is 4.57. The molecule has 2 rings (SSSR count). The van der Waals surface area contributed by atoms with Crippen molar-refractivity contribution in [2.75, 3.05) is 13.2 Å². The first-order valence-corrected chi connectivity index (χ1v) is 8.79. The quantitative estimate of drug-likeness (QED) is 0.662. The van der Waals surface area contributed by atoms with E-state index in [9.17, 15) is 10.2 Å². The first-order chi connectivity index (χ1) is 11.6. The molecule has 130 valence electrons. The van der Waals surface area contributed by atoms with Gasteiger partial charge in [0.2, 0.25) is 0 Å². The van der Waals surface area contributed by atoms with Crippen molar-refractivity contribution < 1.29 is 10.2 Å². The highest BCUT2D eigenvalue weighted by atomic mass is 16.3. The maximum absolute atomic E-state index is 9.30. The number of aliphatic hydroxyl groups excluding tert-OH is 2. The smallest absolute Gasteiger partial charge is 0.0633 e. The fourth-order valence-corrected chi connectivity index (χ4v) is 2.75. The zero-order valence-corrected chi connectivity index (χ0v) is 14.5. The van der Waals surface area contributed by atoms with Gasteiger partial charge in [-0.25, -0.2) is 0 Å². The van der Waals surface area contributed by atoms with Crippen molar-refractivity contribution in [1.82, 2.24) is 0 Å². The van der Waals surface area contributed by atoms with Gasteiger partial charge in [-0.3, -0.25) is 0 Å². The maximum atomic E-state index is 9.30. The molecule has 0 aliphatic carbocycles. The molecule has 0 saturated heterocycles. The third kappa shape index (κ3) is 5.17. The Morgan fingerprint density at radius 1 is 0.875 bits per heavy atom.